The third-order valence-corrected chi connectivity index (χ3v) is 1.88. The lowest BCUT2D eigenvalue weighted by Crippen LogP contribution is -2.03. The van der Waals surface area contributed by atoms with Gasteiger partial charge in [0.05, 0.1) is 12.3 Å². The normalized spacial score (nSPS) is 23.2. The Bertz CT molecular complexity index is 241. The van der Waals surface area contributed by atoms with Gasteiger partial charge in [-0.05, 0) is 12.3 Å². The van der Waals surface area contributed by atoms with E-state index in [1.807, 2.05) is 6.08 Å². The molecule has 1 aliphatic heterocycles. The Hall–Kier alpha value is -1.12. The number of carbonyl (C=O) groups is 2. The van der Waals surface area contributed by atoms with Gasteiger partial charge in [-0.3, -0.25) is 9.59 Å². The summed E-state index contributed by atoms with van der Waals surface area (Å²) in [4.78, 5) is 21.7. The number of hydrogen-bond acceptors (Lipinski definition) is 3. The molecule has 0 amide bonds. The second-order valence-electron chi connectivity index (χ2n) is 3.66. The summed E-state index contributed by atoms with van der Waals surface area (Å²) in [6.45, 7) is 4.20. The van der Waals surface area contributed by atoms with Crippen molar-refractivity contribution in [1.29, 1.82) is 0 Å². The smallest absolute Gasteiger partial charge is 0.321 e. The SMILES string of the molecule is CC(C)CC=CC1CC(=O)OC1=O. The molecule has 1 unspecified atom stereocenters. The van der Waals surface area contributed by atoms with Crippen LogP contribution in [0.4, 0.5) is 0 Å². The molecule has 0 spiro atoms. The molecule has 0 aromatic heterocycles. The molecule has 0 aliphatic carbocycles. The van der Waals surface area contributed by atoms with Crippen LogP contribution in [-0.4, -0.2) is 11.9 Å². The molecule has 0 radical (unpaired) electrons. The molecule has 72 valence electrons. The molecule has 0 aromatic rings. The highest BCUT2D eigenvalue weighted by Gasteiger charge is 2.30. The van der Waals surface area contributed by atoms with Crippen molar-refractivity contribution in [3.8, 4) is 0 Å². The first kappa shape index (κ1) is 9.96. The van der Waals surface area contributed by atoms with Crippen molar-refractivity contribution >= 4 is 11.9 Å². The molecule has 1 saturated heterocycles. The van der Waals surface area contributed by atoms with Gasteiger partial charge >= 0.3 is 11.9 Å². The van der Waals surface area contributed by atoms with Crippen LogP contribution in [0, 0.1) is 11.8 Å². The number of esters is 2. The Labute approximate surface area is 77.8 Å². The van der Waals surface area contributed by atoms with Crippen molar-refractivity contribution in [3.63, 3.8) is 0 Å². The first-order chi connectivity index (χ1) is 6.09. The van der Waals surface area contributed by atoms with Crippen LogP contribution in [0.25, 0.3) is 0 Å². The maximum absolute atomic E-state index is 11.0. The first-order valence-electron chi connectivity index (χ1n) is 4.50. The average Bonchev–Trinajstić information content (AvgIpc) is 2.29. The maximum Gasteiger partial charge on any atom is 0.321 e. The number of cyclic esters (lactones) is 2. The predicted molar refractivity (Wildman–Crippen MR) is 47.8 cm³/mol. The van der Waals surface area contributed by atoms with E-state index in [2.05, 4.69) is 18.6 Å². The van der Waals surface area contributed by atoms with E-state index in [4.69, 9.17) is 0 Å². The van der Waals surface area contributed by atoms with E-state index in [1.54, 1.807) is 6.08 Å². The quantitative estimate of drug-likeness (QED) is 0.379. The van der Waals surface area contributed by atoms with Gasteiger partial charge in [0.15, 0.2) is 0 Å². The Morgan fingerprint density at radius 1 is 1.54 bits per heavy atom. The Kier molecular flexibility index (Phi) is 3.23. The lowest BCUT2D eigenvalue weighted by Gasteiger charge is -1.98. The maximum atomic E-state index is 11.0. The minimum atomic E-state index is -0.413. The van der Waals surface area contributed by atoms with Crippen LogP contribution in [-0.2, 0) is 14.3 Å². The minimum absolute atomic E-state index is 0.202. The highest BCUT2D eigenvalue weighted by atomic mass is 16.6. The van der Waals surface area contributed by atoms with Crippen LogP contribution < -0.4 is 0 Å². The summed E-state index contributed by atoms with van der Waals surface area (Å²) in [6.07, 6.45) is 4.84. The fourth-order valence-corrected chi connectivity index (χ4v) is 1.15. The second kappa shape index (κ2) is 4.21. The molecule has 1 aliphatic rings. The fourth-order valence-electron chi connectivity index (χ4n) is 1.15. The third kappa shape index (κ3) is 3.01. The molecule has 13 heavy (non-hydrogen) atoms. The molecule has 0 N–H and O–H groups in total. The summed E-state index contributed by atoms with van der Waals surface area (Å²) in [5.74, 6) is -0.593. The Balaban J connectivity index is 2.41. The number of hydrogen-bond donors (Lipinski definition) is 0. The van der Waals surface area contributed by atoms with Crippen molar-refractivity contribution in [2.75, 3.05) is 0 Å². The molecular formula is C10H14O3. The summed E-state index contributed by atoms with van der Waals surface area (Å²) in [7, 11) is 0. The lowest BCUT2D eigenvalue weighted by molar-refractivity contribution is -0.152. The summed E-state index contributed by atoms with van der Waals surface area (Å²) in [5.41, 5.74) is 0. The van der Waals surface area contributed by atoms with Crippen molar-refractivity contribution < 1.29 is 14.3 Å². The molecule has 0 aromatic carbocycles. The van der Waals surface area contributed by atoms with E-state index in [1.165, 1.54) is 0 Å². The lowest BCUT2D eigenvalue weighted by atomic mass is 10.0. The number of carbonyl (C=O) groups excluding carboxylic acids is 2. The van der Waals surface area contributed by atoms with Crippen LogP contribution in [0.1, 0.15) is 26.7 Å². The van der Waals surface area contributed by atoms with Crippen molar-refractivity contribution in [3.05, 3.63) is 12.2 Å². The van der Waals surface area contributed by atoms with Gasteiger partial charge in [0.25, 0.3) is 0 Å². The van der Waals surface area contributed by atoms with Gasteiger partial charge in [-0.2, -0.15) is 0 Å². The van der Waals surface area contributed by atoms with Gasteiger partial charge in [0, 0.05) is 0 Å². The zero-order valence-corrected chi connectivity index (χ0v) is 7.95. The molecule has 1 fully saturated rings. The fraction of sp³-hybridized carbons (Fsp3) is 0.600. The molecule has 1 heterocycles. The summed E-state index contributed by atoms with van der Waals surface area (Å²) in [5, 5.41) is 0. The molecular weight excluding hydrogens is 168 g/mol. The van der Waals surface area contributed by atoms with Crippen molar-refractivity contribution in [1.82, 2.24) is 0 Å². The van der Waals surface area contributed by atoms with E-state index in [9.17, 15) is 9.59 Å². The summed E-state index contributed by atoms with van der Waals surface area (Å²) >= 11 is 0. The minimum Gasteiger partial charge on any atom is -0.393 e. The van der Waals surface area contributed by atoms with Crippen molar-refractivity contribution in [2.45, 2.75) is 26.7 Å². The number of rotatable bonds is 3. The second-order valence-corrected chi connectivity index (χ2v) is 3.66. The largest absolute Gasteiger partial charge is 0.393 e. The van der Waals surface area contributed by atoms with Gasteiger partial charge in [0.1, 0.15) is 0 Å². The van der Waals surface area contributed by atoms with Gasteiger partial charge in [-0.1, -0.05) is 26.0 Å². The van der Waals surface area contributed by atoms with Crippen LogP contribution in [0.2, 0.25) is 0 Å². The van der Waals surface area contributed by atoms with Crippen LogP contribution >= 0.6 is 0 Å². The zero-order chi connectivity index (χ0) is 9.84. The standard InChI is InChI=1S/C10H14O3/c1-7(2)4-3-5-8-6-9(11)13-10(8)12/h3,5,7-8H,4,6H2,1-2H3. The molecule has 3 nitrogen and oxygen atoms in total. The average molecular weight is 182 g/mol. The molecule has 3 heteroatoms. The highest BCUT2D eigenvalue weighted by Crippen LogP contribution is 2.17. The number of ether oxygens (including phenoxy) is 1. The molecule has 1 rings (SSSR count). The molecule has 1 atom stereocenters. The Morgan fingerprint density at radius 2 is 2.23 bits per heavy atom. The number of allylic oxidation sites excluding steroid dienone is 1. The monoisotopic (exact) mass is 182 g/mol. The van der Waals surface area contributed by atoms with E-state index in [0.29, 0.717) is 5.92 Å². The predicted octanol–water partition coefficient (Wildman–Crippen LogP) is 1.68. The highest BCUT2D eigenvalue weighted by molar-refractivity contribution is 5.95. The summed E-state index contributed by atoms with van der Waals surface area (Å²) in [6, 6.07) is 0. The first-order valence-corrected chi connectivity index (χ1v) is 4.50. The zero-order valence-electron chi connectivity index (χ0n) is 7.95. The molecule has 0 bridgehead atoms. The van der Waals surface area contributed by atoms with Gasteiger partial charge < -0.3 is 4.74 Å². The van der Waals surface area contributed by atoms with Crippen molar-refractivity contribution in [2.24, 2.45) is 11.8 Å². The van der Waals surface area contributed by atoms with Gasteiger partial charge in [0.2, 0.25) is 0 Å². The van der Waals surface area contributed by atoms with E-state index >= 15 is 0 Å². The molecule has 0 saturated carbocycles. The van der Waals surface area contributed by atoms with E-state index < -0.39 is 11.9 Å². The van der Waals surface area contributed by atoms with Crippen LogP contribution in [0.15, 0.2) is 12.2 Å². The van der Waals surface area contributed by atoms with Gasteiger partial charge in [-0.25, -0.2) is 0 Å². The van der Waals surface area contributed by atoms with E-state index in [-0.39, 0.29) is 12.3 Å². The van der Waals surface area contributed by atoms with Crippen LogP contribution in [0.5, 0.6) is 0 Å². The van der Waals surface area contributed by atoms with E-state index in [0.717, 1.165) is 6.42 Å². The summed E-state index contributed by atoms with van der Waals surface area (Å²) < 4.78 is 4.40. The Morgan fingerprint density at radius 3 is 2.69 bits per heavy atom. The topological polar surface area (TPSA) is 43.4 Å². The van der Waals surface area contributed by atoms with Crippen LogP contribution in [0.3, 0.4) is 0 Å². The van der Waals surface area contributed by atoms with Gasteiger partial charge in [-0.15, -0.1) is 0 Å². The third-order valence-electron chi connectivity index (χ3n) is 1.88.